The molecule has 0 bridgehead atoms. The van der Waals surface area contributed by atoms with Gasteiger partial charge in [-0.2, -0.15) is 0 Å². The molecule has 1 heterocycles. The Labute approximate surface area is 118 Å². The van der Waals surface area contributed by atoms with Crippen LogP contribution < -0.4 is 5.32 Å². The van der Waals surface area contributed by atoms with Crippen LogP contribution in [0.3, 0.4) is 0 Å². The van der Waals surface area contributed by atoms with E-state index in [2.05, 4.69) is 10.3 Å². The van der Waals surface area contributed by atoms with Crippen molar-refractivity contribution in [1.29, 1.82) is 5.41 Å². The molecule has 6 nitrogen and oxygen atoms in total. The van der Waals surface area contributed by atoms with E-state index in [1.807, 2.05) is 6.92 Å². The summed E-state index contributed by atoms with van der Waals surface area (Å²) in [5.41, 5.74) is 1.73. The highest BCUT2D eigenvalue weighted by Crippen LogP contribution is 2.24. The summed E-state index contributed by atoms with van der Waals surface area (Å²) < 4.78 is 26.3. The molecule has 2 rings (SSSR count). The standard InChI is InChI=1S/C13H18N4O2S/c1-4-15-13-16-11-6-5-10(8-14)7-12(11)17(13)20(18,19)9(2)3/h5-9,14H,4H2,1-3H3,(H,15,16). The van der Waals surface area contributed by atoms with Crippen LogP contribution in [-0.2, 0) is 10.0 Å². The minimum Gasteiger partial charge on any atom is -0.355 e. The Morgan fingerprint density at radius 1 is 1.45 bits per heavy atom. The van der Waals surface area contributed by atoms with Crippen molar-refractivity contribution < 1.29 is 8.42 Å². The first-order valence-electron chi connectivity index (χ1n) is 6.43. The summed E-state index contributed by atoms with van der Waals surface area (Å²) in [4.78, 5) is 4.32. The number of fused-ring (bicyclic) bond motifs is 1. The predicted molar refractivity (Wildman–Crippen MR) is 81.2 cm³/mol. The summed E-state index contributed by atoms with van der Waals surface area (Å²) in [6.45, 7) is 5.73. The van der Waals surface area contributed by atoms with Crippen molar-refractivity contribution in [3.63, 3.8) is 0 Å². The third kappa shape index (κ3) is 2.29. The maximum absolute atomic E-state index is 12.5. The van der Waals surface area contributed by atoms with Gasteiger partial charge in [0.2, 0.25) is 16.0 Å². The molecule has 0 aliphatic heterocycles. The van der Waals surface area contributed by atoms with Crippen molar-refractivity contribution in [1.82, 2.24) is 8.96 Å². The van der Waals surface area contributed by atoms with E-state index in [1.165, 1.54) is 10.2 Å². The van der Waals surface area contributed by atoms with Crippen molar-refractivity contribution in [2.24, 2.45) is 0 Å². The number of aromatic nitrogens is 2. The topological polar surface area (TPSA) is 87.8 Å². The van der Waals surface area contributed by atoms with E-state index in [-0.39, 0.29) is 0 Å². The lowest BCUT2D eigenvalue weighted by Crippen LogP contribution is -2.24. The van der Waals surface area contributed by atoms with E-state index < -0.39 is 15.3 Å². The second-order valence-electron chi connectivity index (χ2n) is 4.72. The molecule has 0 spiro atoms. The average molecular weight is 294 g/mol. The molecule has 0 atom stereocenters. The molecule has 0 aliphatic carbocycles. The summed E-state index contributed by atoms with van der Waals surface area (Å²) in [5.74, 6) is 0.318. The minimum absolute atomic E-state index is 0.318. The number of hydrogen-bond donors (Lipinski definition) is 2. The maximum atomic E-state index is 12.5. The molecule has 0 fully saturated rings. The van der Waals surface area contributed by atoms with Crippen LogP contribution in [0.2, 0.25) is 0 Å². The Hall–Kier alpha value is -1.89. The number of hydrogen-bond acceptors (Lipinski definition) is 5. The van der Waals surface area contributed by atoms with E-state index in [4.69, 9.17) is 5.41 Å². The molecule has 0 unspecified atom stereocenters. The van der Waals surface area contributed by atoms with Crippen LogP contribution in [0, 0.1) is 5.41 Å². The fourth-order valence-electron chi connectivity index (χ4n) is 1.90. The molecule has 1 aromatic carbocycles. The number of nitrogens with zero attached hydrogens (tertiary/aromatic N) is 2. The van der Waals surface area contributed by atoms with Crippen LogP contribution in [0.5, 0.6) is 0 Å². The fourth-order valence-corrected chi connectivity index (χ4v) is 3.09. The van der Waals surface area contributed by atoms with E-state index in [1.54, 1.807) is 32.0 Å². The van der Waals surface area contributed by atoms with E-state index >= 15 is 0 Å². The lowest BCUT2D eigenvalue weighted by molar-refractivity contribution is 0.580. The van der Waals surface area contributed by atoms with Crippen LogP contribution in [0.4, 0.5) is 5.95 Å². The SMILES string of the molecule is CCNc1nc2ccc(C=N)cc2n1S(=O)(=O)C(C)C. The van der Waals surface area contributed by atoms with Gasteiger partial charge in [-0.1, -0.05) is 6.07 Å². The van der Waals surface area contributed by atoms with Gasteiger partial charge < -0.3 is 10.7 Å². The minimum atomic E-state index is -3.52. The molecule has 1 aromatic heterocycles. The zero-order valence-electron chi connectivity index (χ0n) is 11.7. The van der Waals surface area contributed by atoms with Crippen molar-refractivity contribution in [2.45, 2.75) is 26.0 Å². The van der Waals surface area contributed by atoms with Gasteiger partial charge in [0.05, 0.1) is 16.3 Å². The quantitative estimate of drug-likeness (QED) is 0.826. The van der Waals surface area contributed by atoms with Crippen LogP contribution in [-0.4, -0.2) is 35.4 Å². The highest BCUT2D eigenvalue weighted by atomic mass is 32.2. The second-order valence-corrected chi connectivity index (χ2v) is 7.05. The van der Waals surface area contributed by atoms with Crippen LogP contribution >= 0.6 is 0 Å². The van der Waals surface area contributed by atoms with Gasteiger partial charge in [-0.3, -0.25) is 0 Å². The molecule has 7 heteroatoms. The van der Waals surface area contributed by atoms with Crippen molar-refractivity contribution >= 4 is 33.2 Å². The molecule has 2 aromatic rings. The summed E-state index contributed by atoms with van der Waals surface area (Å²) in [6, 6.07) is 5.13. The molecule has 0 saturated carbocycles. The number of nitrogens with one attached hydrogen (secondary N) is 2. The van der Waals surface area contributed by atoms with Crippen molar-refractivity contribution in [3.8, 4) is 0 Å². The summed E-state index contributed by atoms with van der Waals surface area (Å²) in [5, 5.41) is 9.72. The number of anilines is 1. The zero-order valence-corrected chi connectivity index (χ0v) is 12.5. The normalized spacial score (nSPS) is 12.0. The average Bonchev–Trinajstić information content (AvgIpc) is 2.76. The number of rotatable bonds is 5. The summed E-state index contributed by atoms with van der Waals surface area (Å²) in [6.07, 6.45) is 1.19. The number of benzene rings is 1. The molecule has 0 aliphatic rings. The first-order valence-corrected chi connectivity index (χ1v) is 7.93. The predicted octanol–water partition coefficient (Wildman–Crippen LogP) is 2.05. The Morgan fingerprint density at radius 3 is 2.70 bits per heavy atom. The first-order chi connectivity index (χ1) is 9.41. The summed E-state index contributed by atoms with van der Waals surface area (Å²) >= 11 is 0. The molecule has 0 amide bonds. The largest absolute Gasteiger partial charge is 0.355 e. The lowest BCUT2D eigenvalue weighted by Gasteiger charge is -2.13. The molecule has 2 N–H and O–H groups in total. The van der Waals surface area contributed by atoms with Crippen LogP contribution in [0.25, 0.3) is 11.0 Å². The van der Waals surface area contributed by atoms with Gasteiger partial charge in [0, 0.05) is 12.8 Å². The molecular weight excluding hydrogens is 276 g/mol. The second kappa shape index (κ2) is 5.24. The first kappa shape index (κ1) is 14.5. The third-order valence-electron chi connectivity index (χ3n) is 2.99. The maximum Gasteiger partial charge on any atom is 0.244 e. The van der Waals surface area contributed by atoms with Gasteiger partial charge in [0.25, 0.3) is 0 Å². The Morgan fingerprint density at radius 2 is 2.15 bits per heavy atom. The lowest BCUT2D eigenvalue weighted by atomic mass is 10.2. The van der Waals surface area contributed by atoms with Gasteiger partial charge in [-0.25, -0.2) is 17.4 Å². The van der Waals surface area contributed by atoms with Gasteiger partial charge in [0.1, 0.15) is 0 Å². The monoisotopic (exact) mass is 294 g/mol. The molecule has 20 heavy (non-hydrogen) atoms. The molecule has 108 valence electrons. The van der Waals surface area contributed by atoms with E-state index in [9.17, 15) is 8.42 Å². The molecular formula is C13H18N4O2S. The van der Waals surface area contributed by atoms with Gasteiger partial charge in [0.15, 0.2) is 0 Å². The van der Waals surface area contributed by atoms with Gasteiger partial charge >= 0.3 is 0 Å². The van der Waals surface area contributed by atoms with E-state index in [0.717, 1.165) is 0 Å². The third-order valence-corrected chi connectivity index (χ3v) is 5.06. The van der Waals surface area contributed by atoms with Gasteiger partial charge in [-0.05, 0) is 38.5 Å². The van der Waals surface area contributed by atoms with Crippen LogP contribution in [0.15, 0.2) is 18.2 Å². The zero-order chi connectivity index (χ0) is 14.9. The van der Waals surface area contributed by atoms with Crippen LogP contribution in [0.1, 0.15) is 26.3 Å². The Kier molecular flexibility index (Phi) is 3.80. The van der Waals surface area contributed by atoms with Crippen molar-refractivity contribution in [3.05, 3.63) is 23.8 Å². The highest BCUT2D eigenvalue weighted by molar-refractivity contribution is 7.90. The molecule has 0 saturated heterocycles. The Bertz CT molecular complexity index is 747. The molecule has 0 radical (unpaired) electrons. The van der Waals surface area contributed by atoms with E-state index in [0.29, 0.717) is 29.1 Å². The highest BCUT2D eigenvalue weighted by Gasteiger charge is 2.25. The Balaban J connectivity index is 2.83. The van der Waals surface area contributed by atoms with Gasteiger partial charge in [-0.15, -0.1) is 0 Å². The van der Waals surface area contributed by atoms with Crippen molar-refractivity contribution in [2.75, 3.05) is 11.9 Å². The summed E-state index contributed by atoms with van der Waals surface area (Å²) in [7, 11) is -3.52. The fraction of sp³-hybridized carbons (Fsp3) is 0.385. The smallest absolute Gasteiger partial charge is 0.244 e. The number of imidazole rings is 1.